The minimum absolute atomic E-state index is 0.669. The van der Waals surface area contributed by atoms with Gasteiger partial charge >= 0.3 is 0 Å². The fourth-order valence-corrected chi connectivity index (χ4v) is 1.39. The Bertz CT molecular complexity index is 409. The van der Waals surface area contributed by atoms with Crippen LogP contribution in [-0.4, -0.2) is 4.98 Å². The van der Waals surface area contributed by atoms with Gasteiger partial charge in [-0.05, 0) is 12.5 Å². The highest BCUT2D eigenvalue weighted by Crippen LogP contribution is 2.02. The molecule has 2 rings (SSSR count). The summed E-state index contributed by atoms with van der Waals surface area (Å²) in [7, 11) is 0. The number of aromatic nitrogens is 1. The summed E-state index contributed by atoms with van der Waals surface area (Å²) in [5, 5.41) is 3.28. The van der Waals surface area contributed by atoms with E-state index in [9.17, 15) is 0 Å². The van der Waals surface area contributed by atoms with E-state index in [1.165, 1.54) is 5.56 Å². The molecule has 2 aromatic rings. The van der Waals surface area contributed by atoms with Gasteiger partial charge in [-0.15, -0.1) is 0 Å². The average molecular weight is 202 g/mol. The van der Waals surface area contributed by atoms with Gasteiger partial charge in [0.15, 0.2) is 0 Å². The van der Waals surface area contributed by atoms with Crippen molar-refractivity contribution in [2.45, 2.75) is 20.0 Å². The Morgan fingerprint density at radius 1 is 1.20 bits per heavy atom. The van der Waals surface area contributed by atoms with Gasteiger partial charge < -0.3 is 9.73 Å². The smallest absolute Gasteiger partial charge is 0.208 e. The van der Waals surface area contributed by atoms with Gasteiger partial charge in [-0.3, -0.25) is 0 Å². The Hall–Kier alpha value is -1.61. The lowest BCUT2D eigenvalue weighted by atomic mass is 10.2. The van der Waals surface area contributed by atoms with Gasteiger partial charge in [0.1, 0.15) is 5.76 Å². The first-order valence-electron chi connectivity index (χ1n) is 5.00. The molecule has 0 aliphatic heterocycles. The number of hydrogen-bond acceptors (Lipinski definition) is 3. The fourth-order valence-electron chi connectivity index (χ4n) is 1.39. The first-order chi connectivity index (χ1) is 7.34. The molecule has 0 amide bonds. The van der Waals surface area contributed by atoms with Crippen molar-refractivity contribution in [3.05, 3.63) is 53.7 Å². The van der Waals surface area contributed by atoms with Crippen LogP contribution >= 0.6 is 0 Å². The van der Waals surface area contributed by atoms with Crippen molar-refractivity contribution < 1.29 is 4.42 Å². The molecule has 0 atom stereocenters. The summed E-state index contributed by atoms with van der Waals surface area (Å²) in [5.41, 5.74) is 1.26. The maximum Gasteiger partial charge on any atom is 0.208 e. The minimum atomic E-state index is 0.669. The van der Waals surface area contributed by atoms with E-state index in [2.05, 4.69) is 22.4 Å². The van der Waals surface area contributed by atoms with Crippen molar-refractivity contribution in [2.75, 3.05) is 0 Å². The van der Waals surface area contributed by atoms with Crippen LogP contribution in [0.15, 0.2) is 40.9 Å². The Morgan fingerprint density at radius 2 is 2.00 bits per heavy atom. The molecule has 0 saturated carbocycles. The van der Waals surface area contributed by atoms with Gasteiger partial charge in [-0.25, -0.2) is 4.98 Å². The maximum absolute atomic E-state index is 5.35. The molecule has 0 spiro atoms. The molecule has 0 bridgehead atoms. The van der Waals surface area contributed by atoms with Crippen LogP contribution < -0.4 is 5.32 Å². The van der Waals surface area contributed by atoms with E-state index >= 15 is 0 Å². The van der Waals surface area contributed by atoms with Gasteiger partial charge in [0.05, 0.1) is 12.7 Å². The van der Waals surface area contributed by atoms with Crippen molar-refractivity contribution in [3.8, 4) is 0 Å². The summed E-state index contributed by atoms with van der Waals surface area (Å²) in [6.07, 6.45) is 1.74. The zero-order valence-corrected chi connectivity index (χ0v) is 8.73. The highest BCUT2D eigenvalue weighted by Gasteiger charge is 1.99. The number of oxazole rings is 1. The Labute approximate surface area is 89.1 Å². The zero-order valence-electron chi connectivity index (χ0n) is 8.73. The minimum Gasteiger partial charge on any atom is -0.445 e. The first-order valence-corrected chi connectivity index (χ1v) is 5.00. The molecular weight excluding hydrogens is 188 g/mol. The topological polar surface area (TPSA) is 38.1 Å². The molecule has 1 N–H and O–H groups in total. The molecule has 15 heavy (non-hydrogen) atoms. The van der Waals surface area contributed by atoms with Crippen LogP contribution in [0.4, 0.5) is 0 Å². The molecular formula is C12H14N2O. The lowest BCUT2D eigenvalue weighted by molar-refractivity contribution is 0.449. The molecule has 3 nitrogen and oxygen atoms in total. The van der Waals surface area contributed by atoms with Gasteiger partial charge in [-0.2, -0.15) is 0 Å². The number of nitrogens with one attached hydrogen (secondary N) is 1. The van der Waals surface area contributed by atoms with E-state index in [0.717, 1.165) is 18.2 Å². The molecule has 0 aliphatic rings. The normalized spacial score (nSPS) is 10.5. The number of aryl methyl sites for hydroxylation is 1. The monoisotopic (exact) mass is 202 g/mol. The molecule has 0 aliphatic carbocycles. The Kier molecular flexibility index (Phi) is 3.15. The average Bonchev–Trinajstić information content (AvgIpc) is 2.66. The van der Waals surface area contributed by atoms with E-state index in [1.54, 1.807) is 6.20 Å². The van der Waals surface area contributed by atoms with E-state index in [4.69, 9.17) is 4.42 Å². The predicted molar refractivity (Wildman–Crippen MR) is 58.2 cm³/mol. The van der Waals surface area contributed by atoms with E-state index < -0.39 is 0 Å². The number of nitrogens with zero attached hydrogens (tertiary/aromatic N) is 1. The van der Waals surface area contributed by atoms with Crippen molar-refractivity contribution in [1.29, 1.82) is 0 Å². The summed E-state index contributed by atoms with van der Waals surface area (Å²) in [5.74, 6) is 1.59. The summed E-state index contributed by atoms with van der Waals surface area (Å²) in [6, 6.07) is 10.3. The second-order valence-corrected chi connectivity index (χ2v) is 3.45. The van der Waals surface area contributed by atoms with Gasteiger partial charge in [-0.1, -0.05) is 30.3 Å². The number of hydrogen-bond donors (Lipinski definition) is 1. The van der Waals surface area contributed by atoms with Crippen molar-refractivity contribution in [1.82, 2.24) is 10.3 Å². The summed E-state index contributed by atoms with van der Waals surface area (Å²) >= 11 is 0. The van der Waals surface area contributed by atoms with Gasteiger partial charge in [0.2, 0.25) is 5.89 Å². The molecule has 1 aromatic heterocycles. The van der Waals surface area contributed by atoms with E-state index in [1.807, 2.05) is 25.1 Å². The van der Waals surface area contributed by atoms with E-state index in [0.29, 0.717) is 6.54 Å². The zero-order chi connectivity index (χ0) is 10.5. The third-order valence-electron chi connectivity index (χ3n) is 2.12. The van der Waals surface area contributed by atoms with Crippen molar-refractivity contribution >= 4 is 0 Å². The van der Waals surface area contributed by atoms with Crippen LogP contribution in [0.2, 0.25) is 0 Å². The van der Waals surface area contributed by atoms with E-state index in [-0.39, 0.29) is 0 Å². The fraction of sp³-hybridized carbons (Fsp3) is 0.250. The highest BCUT2D eigenvalue weighted by molar-refractivity contribution is 5.14. The Balaban J connectivity index is 1.80. The number of benzene rings is 1. The summed E-state index contributed by atoms with van der Waals surface area (Å²) < 4.78 is 5.35. The van der Waals surface area contributed by atoms with Crippen LogP contribution in [-0.2, 0) is 13.1 Å². The largest absolute Gasteiger partial charge is 0.445 e. The Morgan fingerprint density at radius 3 is 2.67 bits per heavy atom. The lowest BCUT2D eigenvalue weighted by Crippen LogP contribution is -2.12. The van der Waals surface area contributed by atoms with Gasteiger partial charge in [0.25, 0.3) is 0 Å². The summed E-state index contributed by atoms with van der Waals surface area (Å²) in [4.78, 5) is 4.12. The molecule has 1 aromatic carbocycles. The van der Waals surface area contributed by atoms with Crippen LogP contribution in [0.1, 0.15) is 17.2 Å². The molecule has 0 saturated heterocycles. The lowest BCUT2D eigenvalue weighted by Gasteiger charge is -2.01. The van der Waals surface area contributed by atoms with Crippen molar-refractivity contribution in [3.63, 3.8) is 0 Å². The van der Waals surface area contributed by atoms with Crippen LogP contribution in [0, 0.1) is 6.92 Å². The van der Waals surface area contributed by atoms with Crippen molar-refractivity contribution in [2.24, 2.45) is 0 Å². The predicted octanol–water partition coefficient (Wildman–Crippen LogP) is 2.27. The molecule has 78 valence electrons. The quantitative estimate of drug-likeness (QED) is 0.826. The van der Waals surface area contributed by atoms with Crippen LogP contribution in [0.5, 0.6) is 0 Å². The molecule has 0 unspecified atom stereocenters. The number of rotatable bonds is 4. The molecule has 0 fully saturated rings. The van der Waals surface area contributed by atoms with Crippen LogP contribution in [0.25, 0.3) is 0 Å². The highest BCUT2D eigenvalue weighted by atomic mass is 16.4. The summed E-state index contributed by atoms with van der Waals surface area (Å²) in [6.45, 7) is 3.40. The molecule has 1 heterocycles. The second-order valence-electron chi connectivity index (χ2n) is 3.45. The third-order valence-corrected chi connectivity index (χ3v) is 2.12. The molecule has 0 radical (unpaired) electrons. The SMILES string of the molecule is Cc1cnc(CNCc2ccccc2)o1. The second kappa shape index (κ2) is 4.75. The molecule has 3 heteroatoms. The first kappa shape index (κ1) is 9.93. The standard InChI is InChI=1S/C12H14N2O/c1-10-7-14-12(15-10)9-13-8-11-5-3-2-4-6-11/h2-7,13H,8-9H2,1H3. The maximum atomic E-state index is 5.35. The van der Waals surface area contributed by atoms with Gasteiger partial charge in [0, 0.05) is 6.54 Å². The van der Waals surface area contributed by atoms with Crippen LogP contribution in [0.3, 0.4) is 0 Å². The third kappa shape index (κ3) is 2.92.